The van der Waals surface area contributed by atoms with Gasteiger partial charge in [-0.05, 0) is 52.7 Å². The molecule has 2 N–H and O–H groups in total. The summed E-state index contributed by atoms with van der Waals surface area (Å²) in [5.74, 6) is -0.668. The second kappa shape index (κ2) is 6.23. The molecule has 3 aromatic rings. The Kier molecular flexibility index (Phi) is 4.11. The fraction of sp³-hybridized carbons (Fsp3) is 0.188. The van der Waals surface area contributed by atoms with Gasteiger partial charge >= 0.3 is 5.69 Å². The molecule has 0 atom stereocenters. The predicted octanol–water partition coefficient (Wildman–Crippen LogP) is 1.98. The van der Waals surface area contributed by atoms with Gasteiger partial charge in [0.1, 0.15) is 12.5 Å². The monoisotopic (exact) mass is 331 g/mol. The molecule has 0 fully saturated rings. The number of nitrogens with zero attached hydrogens (tertiary/aromatic N) is 4. The molecule has 124 valence electrons. The first-order valence-corrected chi connectivity index (χ1v) is 7.22. The number of nitrogen functional groups attached to an aromatic ring is 1. The highest BCUT2D eigenvalue weighted by Gasteiger charge is 2.12. The first-order valence-electron chi connectivity index (χ1n) is 7.22. The number of aryl methyl sites for hydroxylation is 1. The Balaban J connectivity index is 1.94. The van der Waals surface area contributed by atoms with Crippen LogP contribution in [0.4, 0.5) is 14.5 Å². The first kappa shape index (κ1) is 15.9. The number of rotatable bonds is 4. The molecule has 2 aromatic carbocycles. The van der Waals surface area contributed by atoms with Crippen LogP contribution in [0.3, 0.4) is 0 Å². The minimum Gasteiger partial charge on any atom is -0.399 e. The smallest absolute Gasteiger partial charge is 0.368 e. The lowest BCUT2D eigenvalue weighted by Gasteiger charge is -2.04. The normalized spacial score (nSPS) is 11.0. The number of benzene rings is 2. The van der Waals surface area contributed by atoms with Crippen molar-refractivity contribution in [2.24, 2.45) is 0 Å². The Labute approximate surface area is 136 Å². The Bertz CT molecular complexity index is 948. The van der Waals surface area contributed by atoms with E-state index in [1.807, 2.05) is 13.0 Å². The van der Waals surface area contributed by atoms with E-state index in [4.69, 9.17) is 5.73 Å². The van der Waals surface area contributed by atoms with E-state index in [9.17, 15) is 13.6 Å². The van der Waals surface area contributed by atoms with Gasteiger partial charge in [-0.1, -0.05) is 12.1 Å². The number of anilines is 1. The topological polar surface area (TPSA) is 78.7 Å². The summed E-state index contributed by atoms with van der Waals surface area (Å²) in [4.78, 5) is 12.4. The van der Waals surface area contributed by atoms with Crippen LogP contribution in [0.25, 0.3) is 5.69 Å². The van der Waals surface area contributed by atoms with Crippen LogP contribution in [0.1, 0.15) is 16.7 Å². The summed E-state index contributed by atoms with van der Waals surface area (Å²) in [5, 5.41) is 7.59. The third kappa shape index (κ3) is 2.90. The lowest BCUT2D eigenvalue weighted by Crippen LogP contribution is -2.25. The zero-order chi connectivity index (χ0) is 17.3. The van der Waals surface area contributed by atoms with Crippen molar-refractivity contribution in [2.75, 3.05) is 5.73 Å². The molecule has 0 unspecified atom stereocenters. The van der Waals surface area contributed by atoms with Gasteiger partial charge in [-0.2, -0.15) is 9.36 Å². The molecular formula is C16H15F2N5O. The molecule has 1 aromatic heterocycles. The van der Waals surface area contributed by atoms with Crippen molar-refractivity contribution in [1.29, 1.82) is 0 Å². The van der Waals surface area contributed by atoms with Gasteiger partial charge in [0.2, 0.25) is 0 Å². The molecule has 0 spiro atoms. The Morgan fingerprint density at radius 3 is 2.67 bits per heavy atom. The van der Waals surface area contributed by atoms with E-state index in [1.54, 1.807) is 12.1 Å². The maximum atomic E-state index is 13.4. The van der Waals surface area contributed by atoms with Gasteiger partial charge in [-0.3, -0.25) is 0 Å². The molecular weight excluding hydrogens is 316 g/mol. The van der Waals surface area contributed by atoms with Crippen LogP contribution in [0.5, 0.6) is 0 Å². The van der Waals surface area contributed by atoms with Crippen LogP contribution in [0.2, 0.25) is 0 Å². The second-order valence-corrected chi connectivity index (χ2v) is 5.43. The van der Waals surface area contributed by atoms with E-state index in [-0.39, 0.29) is 17.8 Å². The number of aromatic nitrogens is 4. The quantitative estimate of drug-likeness (QED) is 0.742. The Hall–Kier alpha value is -3.03. The van der Waals surface area contributed by atoms with E-state index in [0.29, 0.717) is 5.69 Å². The molecule has 0 saturated carbocycles. The lowest BCUT2D eigenvalue weighted by atomic mass is 10.1. The van der Waals surface area contributed by atoms with Crippen molar-refractivity contribution in [3.63, 3.8) is 0 Å². The summed E-state index contributed by atoms with van der Waals surface area (Å²) in [6, 6.07) is 9.10. The highest BCUT2D eigenvalue weighted by molar-refractivity contribution is 5.47. The molecule has 0 aliphatic rings. The first-order chi connectivity index (χ1) is 11.5. The maximum Gasteiger partial charge on any atom is 0.368 e. The van der Waals surface area contributed by atoms with E-state index >= 15 is 0 Å². The highest BCUT2D eigenvalue weighted by atomic mass is 19.1. The number of hydrogen-bond donors (Lipinski definition) is 1. The van der Waals surface area contributed by atoms with Gasteiger partial charge in [-0.15, -0.1) is 0 Å². The zero-order valence-corrected chi connectivity index (χ0v) is 12.9. The summed E-state index contributed by atoms with van der Waals surface area (Å²) in [6.07, 6.45) is 0. The van der Waals surface area contributed by atoms with Gasteiger partial charge < -0.3 is 5.73 Å². The molecule has 8 heteroatoms. The SMILES string of the molecule is Cc1cc(Cn2nnn(-c3ccc(F)c(CF)c3)c2=O)ccc1N. The van der Waals surface area contributed by atoms with Crippen molar-refractivity contribution in [1.82, 2.24) is 19.8 Å². The fourth-order valence-electron chi connectivity index (χ4n) is 2.34. The molecule has 0 bridgehead atoms. The number of nitrogens with two attached hydrogens (primary N) is 1. The molecule has 3 rings (SSSR count). The van der Waals surface area contributed by atoms with Crippen LogP contribution in [-0.4, -0.2) is 19.8 Å². The molecule has 0 aliphatic carbocycles. The van der Waals surface area contributed by atoms with Crippen LogP contribution >= 0.6 is 0 Å². The van der Waals surface area contributed by atoms with Gasteiger partial charge in [0.25, 0.3) is 0 Å². The third-order valence-corrected chi connectivity index (χ3v) is 3.72. The van der Waals surface area contributed by atoms with Crippen LogP contribution < -0.4 is 11.4 Å². The summed E-state index contributed by atoms with van der Waals surface area (Å²) in [5.41, 5.74) is 7.81. The van der Waals surface area contributed by atoms with E-state index in [2.05, 4.69) is 10.4 Å². The second-order valence-electron chi connectivity index (χ2n) is 5.43. The molecule has 0 aliphatic heterocycles. The van der Waals surface area contributed by atoms with E-state index in [1.165, 1.54) is 16.8 Å². The zero-order valence-electron chi connectivity index (χ0n) is 12.9. The molecule has 6 nitrogen and oxygen atoms in total. The van der Waals surface area contributed by atoms with Crippen molar-refractivity contribution in [3.8, 4) is 5.69 Å². The van der Waals surface area contributed by atoms with Crippen LogP contribution in [0, 0.1) is 12.7 Å². The third-order valence-electron chi connectivity index (χ3n) is 3.72. The van der Waals surface area contributed by atoms with Gasteiger partial charge in [-0.25, -0.2) is 13.6 Å². The predicted molar refractivity (Wildman–Crippen MR) is 85.1 cm³/mol. The number of halogens is 2. The van der Waals surface area contributed by atoms with E-state index in [0.717, 1.165) is 21.9 Å². The molecule has 1 heterocycles. The molecule has 24 heavy (non-hydrogen) atoms. The summed E-state index contributed by atoms with van der Waals surface area (Å²) < 4.78 is 28.3. The largest absolute Gasteiger partial charge is 0.399 e. The van der Waals surface area contributed by atoms with Crippen molar-refractivity contribution in [2.45, 2.75) is 20.1 Å². The summed E-state index contributed by atoms with van der Waals surface area (Å²) >= 11 is 0. The van der Waals surface area contributed by atoms with Gasteiger partial charge in [0, 0.05) is 11.3 Å². The Morgan fingerprint density at radius 1 is 1.17 bits per heavy atom. The van der Waals surface area contributed by atoms with Crippen molar-refractivity contribution >= 4 is 5.69 Å². The van der Waals surface area contributed by atoms with Crippen LogP contribution in [0.15, 0.2) is 41.2 Å². The summed E-state index contributed by atoms with van der Waals surface area (Å²) in [7, 11) is 0. The number of hydrogen-bond acceptors (Lipinski definition) is 4. The fourth-order valence-corrected chi connectivity index (χ4v) is 2.34. The number of alkyl halides is 1. The highest BCUT2D eigenvalue weighted by Crippen LogP contribution is 2.14. The van der Waals surface area contributed by atoms with Crippen molar-refractivity contribution < 1.29 is 8.78 Å². The number of tetrazole rings is 1. The molecule has 0 radical (unpaired) electrons. The molecule has 0 saturated heterocycles. The average Bonchev–Trinajstić information content (AvgIpc) is 2.92. The maximum absolute atomic E-state index is 13.4. The molecule has 0 amide bonds. The average molecular weight is 331 g/mol. The Morgan fingerprint density at radius 2 is 1.96 bits per heavy atom. The van der Waals surface area contributed by atoms with E-state index < -0.39 is 18.2 Å². The summed E-state index contributed by atoms with van der Waals surface area (Å²) in [6.45, 7) is 1.12. The van der Waals surface area contributed by atoms with Crippen LogP contribution in [-0.2, 0) is 13.2 Å². The lowest BCUT2D eigenvalue weighted by molar-refractivity contribution is 0.463. The minimum absolute atomic E-state index is 0.136. The van der Waals surface area contributed by atoms with Gasteiger partial charge in [0.15, 0.2) is 0 Å². The van der Waals surface area contributed by atoms with Gasteiger partial charge in [0.05, 0.1) is 12.2 Å². The minimum atomic E-state index is -0.965. The standard InChI is InChI=1S/C16H15F2N5O/c1-10-6-11(2-5-15(10)19)9-22-16(24)23(21-20-22)13-3-4-14(18)12(7-13)8-17/h2-7H,8-9,19H2,1H3. The van der Waals surface area contributed by atoms with Crippen molar-refractivity contribution in [3.05, 3.63) is 69.4 Å².